The van der Waals surface area contributed by atoms with E-state index in [4.69, 9.17) is 9.72 Å². The van der Waals surface area contributed by atoms with Crippen molar-refractivity contribution in [2.24, 2.45) is 5.92 Å². The van der Waals surface area contributed by atoms with Crippen molar-refractivity contribution in [3.05, 3.63) is 53.1 Å². The summed E-state index contributed by atoms with van der Waals surface area (Å²) in [6.07, 6.45) is 2.47. The topological polar surface area (TPSA) is 79.1 Å². The fraction of sp³-hybridized carbons (Fsp3) is 0.385. The Balaban J connectivity index is 1.48. The number of hydrogen-bond acceptors (Lipinski definition) is 6. The number of aromatic nitrogens is 2. The number of carbonyl (C=O) groups excluding carboxylic acids is 1. The number of amides is 1. The molecular formula is C26H26N4O2S. The van der Waals surface area contributed by atoms with Crippen molar-refractivity contribution < 1.29 is 9.53 Å². The normalized spacial score (nSPS) is 19.0. The van der Waals surface area contributed by atoms with Crippen molar-refractivity contribution in [1.82, 2.24) is 14.3 Å². The van der Waals surface area contributed by atoms with Gasteiger partial charge in [0.15, 0.2) is 5.82 Å². The summed E-state index contributed by atoms with van der Waals surface area (Å²) in [7, 11) is 0. The van der Waals surface area contributed by atoms with Crippen LogP contribution in [0.4, 0.5) is 0 Å². The molecule has 2 atom stereocenters. The van der Waals surface area contributed by atoms with Crippen LogP contribution >= 0.6 is 11.5 Å². The maximum absolute atomic E-state index is 12.5. The summed E-state index contributed by atoms with van der Waals surface area (Å²) >= 11 is 1.34. The third-order valence-electron chi connectivity index (χ3n) is 6.38. The van der Waals surface area contributed by atoms with Crippen LogP contribution in [-0.4, -0.2) is 32.8 Å². The van der Waals surface area contributed by atoms with Crippen LogP contribution in [0.1, 0.15) is 56.3 Å². The number of nitrogens with zero attached hydrogens (tertiary/aromatic N) is 4. The Bertz CT molecular complexity index is 1260. The van der Waals surface area contributed by atoms with Crippen LogP contribution in [0.15, 0.2) is 36.4 Å². The predicted molar refractivity (Wildman–Crippen MR) is 128 cm³/mol. The fourth-order valence-corrected chi connectivity index (χ4v) is 5.78. The van der Waals surface area contributed by atoms with Gasteiger partial charge in [0, 0.05) is 24.1 Å². The van der Waals surface area contributed by atoms with Crippen LogP contribution in [0.5, 0.6) is 5.75 Å². The van der Waals surface area contributed by atoms with Gasteiger partial charge in [-0.3, -0.25) is 4.79 Å². The molecule has 2 aromatic carbocycles. The Morgan fingerprint density at radius 1 is 1.27 bits per heavy atom. The van der Waals surface area contributed by atoms with Gasteiger partial charge < -0.3 is 9.64 Å². The lowest BCUT2D eigenvalue weighted by molar-refractivity contribution is -0.129. The van der Waals surface area contributed by atoms with Crippen LogP contribution in [0.3, 0.4) is 0 Å². The van der Waals surface area contributed by atoms with Gasteiger partial charge in [-0.2, -0.15) is 9.64 Å². The summed E-state index contributed by atoms with van der Waals surface area (Å²) < 4.78 is 10.4. The molecule has 0 N–H and O–H groups in total. The van der Waals surface area contributed by atoms with Crippen LogP contribution < -0.4 is 4.74 Å². The van der Waals surface area contributed by atoms with Gasteiger partial charge in [-0.1, -0.05) is 25.1 Å². The molecule has 5 rings (SSSR count). The SMILES string of the molecule is CCCN1C(=O)CC2Cc3c(-c4nsc(-c5ccc(OC(C)C)c(C#N)c5)n4)cccc3C21. The van der Waals surface area contributed by atoms with E-state index in [1.165, 1.54) is 22.7 Å². The minimum atomic E-state index is -0.000652. The molecule has 3 aromatic rings. The molecular weight excluding hydrogens is 432 g/mol. The molecule has 1 aliphatic carbocycles. The molecule has 0 spiro atoms. The lowest BCUT2D eigenvalue weighted by Crippen LogP contribution is -2.28. The lowest BCUT2D eigenvalue weighted by atomic mass is 10.0. The summed E-state index contributed by atoms with van der Waals surface area (Å²) in [4.78, 5) is 19.4. The van der Waals surface area contributed by atoms with Gasteiger partial charge in [0.1, 0.15) is 16.8 Å². The first-order valence-corrected chi connectivity index (χ1v) is 12.2. The van der Waals surface area contributed by atoms with Gasteiger partial charge in [-0.25, -0.2) is 4.98 Å². The Morgan fingerprint density at radius 2 is 2.12 bits per heavy atom. The highest BCUT2D eigenvalue weighted by Crippen LogP contribution is 2.49. The van der Waals surface area contributed by atoms with E-state index in [-0.39, 0.29) is 18.1 Å². The average molecular weight is 459 g/mol. The molecule has 2 heterocycles. The second-order valence-corrected chi connectivity index (χ2v) is 9.74. The number of carbonyl (C=O) groups is 1. The second-order valence-electron chi connectivity index (χ2n) is 8.99. The molecule has 1 saturated heterocycles. The highest BCUT2D eigenvalue weighted by atomic mass is 32.1. The molecule has 0 saturated carbocycles. The molecule has 1 amide bonds. The number of rotatable bonds is 6. The van der Waals surface area contributed by atoms with Crippen molar-refractivity contribution in [3.63, 3.8) is 0 Å². The van der Waals surface area contributed by atoms with E-state index in [0.717, 1.165) is 35.5 Å². The molecule has 1 aromatic heterocycles. The summed E-state index contributed by atoms with van der Waals surface area (Å²) in [6.45, 7) is 6.80. The highest BCUT2D eigenvalue weighted by molar-refractivity contribution is 7.09. The van der Waals surface area contributed by atoms with E-state index in [2.05, 4.69) is 40.5 Å². The number of hydrogen-bond donors (Lipinski definition) is 0. The molecule has 1 fully saturated rings. The number of nitriles is 1. The minimum Gasteiger partial charge on any atom is -0.490 e. The zero-order valence-corrected chi connectivity index (χ0v) is 19.9. The van der Waals surface area contributed by atoms with Crippen molar-refractivity contribution >= 4 is 17.4 Å². The zero-order valence-electron chi connectivity index (χ0n) is 19.0. The quantitative estimate of drug-likeness (QED) is 0.495. The molecule has 168 valence electrons. The number of likely N-dealkylation sites (tertiary alicyclic amines) is 1. The Hall–Kier alpha value is -3.24. The van der Waals surface area contributed by atoms with E-state index in [0.29, 0.717) is 29.5 Å². The standard InChI is InChI=1S/C26H26N4O2S/c1-4-10-30-23(31)13-17-12-21-19(24(17)30)6-5-7-20(21)25-28-26(33-29-25)16-8-9-22(32-15(2)3)18(11-16)14-27/h5-9,11,15,17,24H,4,10,12-13H2,1-3H3. The van der Waals surface area contributed by atoms with Gasteiger partial charge in [-0.15, -0.1) is 0 Å². The first-order chi connectivity index (χ1) is 16.0. The minimum absolute atomic E-state index is 0.000652. The predicted octanol–water partition coefficient (Wildman–Crippen LogP) is 5.39. The molecule has 1 aliphatic heterocycles. The first-order valence-electron chi connectivity index (χ1n) is 11.5. The highest BCUT2D eigenvalue weighted by Gasteiger charge is 2.45. The van der Waals surface area contributed by atoms with Crippen molar-refractivity contribution in [3.8, 4) is 33.8 Å². The zero-order chi connectivity index (χ0) is 23.1. The smallest absolute Gasteiger partial charge is 0.223 e. The first kappa shape index (κ1) is 21.6. The van der Waals surface area contributed by atoms with Crippen molar-refractivity contribution in [1.29, 1.82) is 5.26 Å². The molecule has 7 heteroatoms. The number of ether oxygens (including phenoxy) is 1. The Labute approximate surface area is 198 Å². The number of fused-ring (bicyclic) bond motifs is 3. The van der Waals surface area contributed by atoms with E-state index in [1.54, 1.807) is 0 Å². The van der Waals surface area contributed by atoms with Crippen molar-refractivity contribution in [2.75, 3.05) is 6.54 Å². The van der Waals surface area contributed by atoms with Crippen LogP contribution in [0, 0.1) is 17.2 Å². The number of benzene rings is 2. The van der Waals surface area contributed by atoms with E-state index < -0.39 is 0 Å². The van der Waals surface area contributed by atoms with Gasteiger partial charge in [0.25, 0.3) is 0 Å². The van der Waals surface area contributed by atoms with Gasteiger partial charge in [0.2, 0.25) is 5.91 Å². The molecule has 0 radical (unpaired) electrons. The van der Waals surface area contributed by atoms with Crippen LogP contribution in [-0.2, 0) is 11.2 Å². The van der Waals surface area contributed by atoms with E-state index in [1.807, 2.05) is 32.0 Å². The molecule has 2 aliphatic rings. The largest absolute Gasteiger partial charge is 0.490 e. The van der Waals surface area contributed by atoms with E-state index >= 15 is 0 Å². The summed E-state index contributed by atoms with van der Waals surface area (Å²) in [5.41, 5.74) is 4.91. The fourth-order valence-electron chi connectivity index (χ4n) is 5.11. The molecule has 33 heavy (non-hydrogen) atoms. The summed E-state index contributed by atoms with van der Waals surface area (Å²) in [5, 5.41) is 10.3. The monoisotopic (exact) mass is 458 g/mol. The van der Waals surface area contributed by atoms with Gasteiger partial charge in [0.05, 0.1) is 17.7 Å². The third-order valence-corrected chi connectivity index (χ3v) is 7.14. The second kappa shape index (κ2) is 8.60. The summed E-state index contributed by atoms with van der Waals surface area (Å²) in [6, 6.07) is 14.3. The van der Waals surface area contributed by atoms with Gasteiger partial charge in [-0.05, 0) is 73.5 Å². The maximum Gasteiger partial charge on any atom is 0.223 e. The average Bonchev–Trinajstić information content (AvgIpc) is 3.49. The van der Waals surface area contributed by atoms with Crippen LogP contribution in [0.2, 0.25) is 0 Å². The summed E-state index contributed by atoms with van der Waals surface area (Å²) in [5.74, 6) is 1.90. The van der Waals surface area contributed by atoms with E-state index in [9.17, 15) is 10.1 Å². The molecule has 2 unspecified atom stereocenters. The maximum atomic E-state index is 12.5. The molecule has 0 bridgehead atoms. The Kier molecular flexibility index (Phi) is 5.63. The lowest BCUT2D eigenvalue weighted by Gasteiger charge is -2.24. The van der Waals surface area contributed by atoms with Crippen molar-refractivity contribution in [2.45, 2.75) is 52.2 Å². The third kappa shape index (κ3) is 3.79. The molecule has 6 nitrogen and oxygen atoms in total. The Morgan fingerprint density at radius 3 is 2.88 bits per heavy atom. The van der Waals surface area contributed by atoms with Crippen LogP contribution in [0.25, 0.3) is 22.0 Å². The van der Waals surface area contributed by atoms with Gasteiger partial charge >= 0.3 is 0 Å².